The summed E-state index contributed by atoms with van der Waals surface area (Å²) in [5.41, 5.74) is 2.16. The topological polar surface area (TPSA) is 68.2 Å². The normalized spacial score (nSPS) is 13.5. The first kappa shape index (κ1) is 14.6. The number of aromatic nitrogens is 2. The van der Waals surface area contributed by atoms with Crippen LogP contribution in [0.5, 0.6) is 5.75 Å². The van der Waals surface area contributed by atoms with E-state index in [4.69, 9.17) is 4.74 Å². The zero-order valence-electron chi connectivity index (χ0n) is 12.6. The van der Waals surface area contributed by atoms with E-state index in [9.17, 15) is 4.79 Å². The number of amides is 1. The predicted molar refractivity (Wildman–Crippen MR) is 83.8 cm³/mol. The van der Waals surface area contributed by atoms with Gasteiger partial charge in [0.05, 0.1) is 18.7 Å². The van der Waals surface area contributed by atoms with Gasteiger partial charge in [-0.3, -0.25) is 9.48 Å². The molecule has 6 heteroatoms. The largest absolute Gasteiger partial charge is 0.493 e. The molecular weight excluding hydrogens is 280 g/mol. The van der Waals surface area contributed by atoms with Gasteiger partial charge in [-0.2, -0.15) is 5.10 Å². The number of carbonyl (C=O) groups is 1. The van der Waals surface area contributed by atoms with E-state index in [0.717, 1.165) is 42.3 Å². The van der Waals surface area contributed by atoms with Crippen LogP contribution in [0.3, 0.4) is 0 Å². The Bertz CT molecular complexity index is 652. The summed E-state index contributed by atoms with van der Waals surface area (Å²) in [4.78, 5) is 12.1. The Morgan fingerprint density at radius 1 is 1.41 bits per heavy atom. The number of para-hydroxylation sites is 1. The molecule has 22 heavy (non-hydrogen) atoms. The molecule has 0 fully saturated rings. The average molecular weight is 300 g/mol. The Morgan fingerprint density at radius 2 is 2.23 bits per heavy atom. The van der Waals surface area contributed by atoms with Crippen molar-refractivity contribution >= 4 is 11.7 Å². The van der Waals surface area contributed by atoms with Gasteiger partial charge in [-0.1, -0.05) is 18.2 Å². The number of rotatable bonds is 5. The zero-order chi connectivity index (χ0) is 15.4. The van der Waals surface area contributed by atoms with E-state index in [1.54, 1.807) is 4.68 Å². The lowest BCUT2D eigenvalue weighted by Gasteiger charge is -2.13. The van der Waals surface area contributed by atoms with Crippen LogP contribution in [0.2, 0.25) is 0 Å². The third-order valence-corrected chi connectivity index (χ3v) is 3.67. The van der Waals surface area contributed by atoms with Gasteiger partial charge >= 0.3 is 0 Å². The minimum atomic E-state index is -0.0627. The fourth-order valence-corrected chi connectivity index (χ4v) is 2.56. The lowest BCUT2D eigenvalue weighted by Crippen LogP contribution is -2.24. The number of carbonyl (C=O) groups excluding carboxylic acids is 1. The first-order valence-electron chi connectivity index (χ1n) is 7.47. The van der Waals surface area contributed by atoms with Crippen molar-refractivity contribution in [3.05, 3.63) is 41.6 Å². The van der Waals surface area contributed by atoms with Crippen molar-refractivity contribution in [1.82, 2.24) is 15.1 Å². The van der Waals surface area contributed by atoms with Crippen molar-refractivity contribution in [2.24, 2.45) is 7.05 Å². The van der Waals surface area contributed by atoms with Gasteiger partial charge in [0.15, 0.2) is 0 Å². The molecule has 1 aliphatic heterocycles. The van der Waals surface area contributed by atoms with E-state index in [2.05, 4.69) is 15.7 Å². The maximum absolute atomic E-state index is 12.1. The standard InChI is InChI=1S/C16H20N4O2/c1-20-16(13-11-17-9-7-14(13)19-20)18-15(21)8-10-22-12-5-3-2-4-6-12/h2-6,17H,7-11H2,1H3,(H,18,21). The highest BCUT2D eigenvalue weighted by Gasteiger charge is 2.20. The van der Waals surface area contributed by atoms with E-state index in [1.807, 2.05) is 37.4 Å². The first-order valence-corrected chi connectivity index (χ1v) is 7.47. The van der Waals surface area contributed by atoms with Crippen molar-refractivity contribution in [3.8, 4) is 5.75 Å². The second kappa shape index (κ2) is 6.62. The molecule has 1 aliphatic rings. The van der Waals surface area contributed by atoms with Crippen LogP contribution in [-0.2, 0) is 24.8 Å². The van der Waals surface area contributed by atoms with E-state index in [-0.39, 0.29) is 5.91 Å². The molecule has 2 N–H and O–H groups in total. The summed E-state index contributed by atoms with van der Waals surface area (Å²) < 4.78 is 7.29. The van der Waals surface area contributed by atoms with E-state index >= 15 is 0 Å². The van der Waals surface area contributed by atoms with E-state index in [1.165, 1.54) is 0 Å². The lowest BCUT2D eigenvalue weighted by atomic mass is 10.1. The van der Waals surface area contributed by atoms with Crippen LogP contribution in [-0.4, -0.2) is 28.8 Å². The summed E-state index contributed by atoms with van der Waals surface area (Å²) in [6.45, 7) is 2.04. The number of fused-ring (bicyclic) bond motifs is 1. The molecule has 116 valence electrons. The molecule has 0 saturated heterocycles. The van der Waals surface area contributed by atoms with Crippen LogP contribution in [0, 0.1) is 0 Å². The van der Waals surface area contributed by atoms with Crippen LogP contribution in [0.15, 0.2) is 30.3 Å². The highest BCUT2D eigenvalue weighted by atomic mass is 16.5. The van der Waals surface area contributed by atoms with Crippen molar-refractivity contribution in [3.63, 3.8) is 0 Å². The Balaban J connectivity index is 1.55. The second-order valence-corrected chi connectivity index (χ2v) is 5.28. The second-order valence-electron chi connectivity index (χ2n) is 5.28. The summed E-state index contributed by atoms with van der Waals surface area (Å²) >= 11 is 0. The molecule has 2 heterocycles. The van der Waals surface area contributed by atoms with Gasteiger partial charge in [0.1, 0.15) is 11.6 Å². The fourth-order valence-electron chi connectivity index (χ4n) is 2.56. The summed E-state index contributed by atoms with van der Waals surface area (Å²) in [5.74, 6) is 1.50. The number of hydrogen-bond donors (Lipinski definition) is 2. The Morgan fingerprint density at radius 3 is 3.05 bits per heavy atom. The molecular formula is C16H20N4O2. The molecule has 3 rings (SSSR count). The number of anilines is 1. The number of nitrogens with zero attached hydrogens (tertiary/aromatic N) is 2. The van der Waals surface area contributed by atoms with Gasteiger partial charge in [-0.15, -0.1) is 0 Å². The minimum Gasteiger partial charge on any atom is -0.493 e. The molecule has 0 aliphatic carbocycles. The summed E-state index contributed by atoms with van der Waals surface area (Å²) in [5, 5.41) is 10.7. The summed E-state index contributed by atoms with van der Waals surface area (Å²) in [6, 6.07) is 9.50. The molecule has 0 saturated carbocycles. The van der Waals surface area contributed by atoms with Gasteiger partial charge in [-0.25, -0.2) is 0 Å². The molecule has 0 bridgehead atoms. The third kappa shape index (κ3) is 3.28. The van der Waals surface area contributed by atoms with Crippen molar-refractivity contribution in [2.75, 3.05) is 18.5 Å². The lowest BCUT2D eigenvalue weighted by molar-refractivity contribution is -0.116. The molecule has 0 unspecified atom stereocenters. The van der Waals surface area contributed by atoms with Crippen LogP contribution in [0.25, 0.3) is 0 Å². The quantitative estimate of drug-likeness (QED) is 0.877. The molecule has 2 aromatic rings. The molecule has 0 radical (unpaired) electrons. The number of nitrogens with one attached hydrogen (secondary N) is 2. The number of benzene rings is 1. The zero-order valence-corrected chi connectivity index (χ0v) is 12.6. The Kier molecular flexibility index (Phi) is 4.39. The maximum atomic E-state index is 12.1. The molecule has 0 atom stereocenters. The molecule has 1 amide bonds. The van der Waals surface area contributed by atoms with Crippen molar-refractivity contribution in [2.45, 2.75) is 19.4 Å². The van der Waals surface area contributed by atoms with Crippen molar-refractivity contribution < 1.29 is 9.53 Å². The average Bonchev–Trinajstić information content (AvgIpc) is 2.84. The van der Waals surface area contributed by atoms with E-state index in [0.29, 0.717) is 13.0 Å². The van der Waals surface area contributed by atoms with Gasteiger partial charge < -0.3 is 15.4 Å². The van der Waals surface area contributed by atoms with E-state index < -0.39 is 0 Å². The Hall–Kier alpha value is -2.34. The third-order valence-electron chi connectivity index (χ3n) is 3.67. The van der Waals surface area contributed by atoms with Crippen LogP contribution >= 0.6 is 0 Å². The SMILES string of the molecule is Cn1nc2c(c1NC(=O)CCOc1ccccc1)CNCC2. The van der Waals surface area contributed by atoms with Crippen LogP contribution < -0.4 is 15.4 Å². The van der Waals surface area contributed by atoms with Crippen LogP contribution in [0.1, 0.15) is 17.7 Å². The highest BCUT2D eigenvalue weighted by Crippen LogP contribution is 2.22. The van der Waals surface area contributed by atoms with Crippen molar-refractivity contribution in [1.29, 1.82) is 0 Å². The molecule has 1 aromatic carbocycles. The summed E-state index contributed by atoms with van der Waals surface area (Å²) in [7, 11) is 1.86. The van der Waals surface area contributed by atoms with Gasteiger partial charge in [-0.05, 0) is 12.1 Å². The van der Waals surface area contributed by atoms with Gasteiger partial charge in [0, 0.05) is 32.1 Å². The fraction of sp³-hybridized carbons (Fsp3) is 0.375. The predicted octanol–water partition coefficient (Wildman–Crippen LogP) is 1.47. The smallest absolute Gasteiger partial charge is 0.228 e. The number of hydrogen-bond acceptors (Lipinski definition) is 4. The maximum Gasteiger partial charge on any atom is 0.228 e. The Labute approximate surface area is 129 Å². The number of ether oxygens (including phenoxy) is 1. The number of aryl methyl sites for hydroxylation is 1. The first-order chi connectivity index (χ1) is 10.7. The monoisotopic (exact) mass is 300 g/mol. The van der Waals surface area contributed by atoms with Gasteiger partial charge in [0.2, 0.25) is 5.91 Å². The van der Waals surface area contributed by atoms with Gasteiger partial charge in [0.25, 0.3) is 0 Å². The summed E-state index contributed by atoms with van der Waals surface area (Å²) in [6.07, 6.45) is 1.21. The molecule has 1 aromatic heterocycles. The molecule has 0 spiro atoms. The minimum absolute atomic E-state index is 0.0627. The molecule has 6 nitrogen and oxygen atoms in total. The highest BCUT2D eigenvalue weighted by molar-refractivity contribution is 5.90. The van der Waals surface area contributed by atoms with Crippen LogP contribution in [0.4, 0.5) is 5.82 Å².